The van der Waals surface area contributed by atoms with E-state index in [9.17, 15) is 13.2 Å². The standard InChI is InChI=1S/C13H16Cl2N2O3S/c1-13(2)5-7(13)6-17-12(18)10-8(14)3-4-9(11(10)15)21(16,19)20/h3-4,7H,5-6H2,1-2H3,(H,17,18)(H2,16,19,20). The monoisotopic (exact) mass is 350 g/mol. The zero-order valence-electron chi connectivity index (χ0n) is 11.6. The second-order valence-corrected chi connectivity index (χ2v) is 8.19. The number of sulfonamides is 1. The number of nitrogens with one attached hydrogen (secondary N) is 1. The van der Waals surface area contributed by atoms with Crippen molar-refractivity contribution in [3.05, 3.63) is 27.7 Å². The lowest BCUT2D eigenvalue weighted by atomic mass is 10.1. The summed E-state index contributed by atoms with van der Waals surface area (Å²) in [4.78, 5) is 11.9. The molecular formula is C13H16Cl2N2O3S. The Kier molecular flexibility index (Phi) is 4.28. The molecule has 1 saturated carbocycles. The third kappa shape index (κ3) is 3.51. The Morgan fingerprint density at radius 3 is 2.48 bits per heavy atom. The Balaban J connectivity index is 2.24. The summed E-state index contributed by atoms with van der Waals surface area (Å²) in [5.41, 5.74) is 0.159. The van der Waals surface area contributed by atoms with Crippen LogP contribution in [0.25, 0.3) is 0 Å². The molecule has 1 fully saturated rings. The number of amides is 1. The van der Waals surface area contributed by atoms with Gasteiger partial charge in [0, 0.05) is 6.54 Å². The van der Waals surface area contributed by atoms with E-state index in [1.54, 1.807) is 0 Å². The van der Waals surface area contributed by atoms with Crippen LogP contribution in [0.15, 0.2) is 17.0 Å². The molecular weight excluding hydrogens is 335 g/mol. The van der Waals surface area contributed by atoms with Crippen molar-refractivity contribution >= 4 is 39.1 Å². The van der Waals surface area contributed by atoms with Crippen LogP contribution < -0.4 is 10.5 Å². The average molecular weight is 351 g/mol. The quantitative estimate of drug-likeness (QED) is 0.873. The van der Waals surface area contributed by atoms with Crippen molar-refractivity contribution in [2.24, 2.45) is 16.5 Å². The number of benzene rings is 1. The number of rotatable bonds is 4. The van der Waals surface area contributed by atoms with E-state index in [1.165, 1.54) is 12.1 Å². The van der Waals surface area contributed by atoms with Gasteiger partial charge in [0.15, 0.2) is 0 Å². The van der Waals surface area contributed by atoms with Crippen LogP contribution in [0.1, 0.15) is 30.6 Å². The smallest absolute Gasteiger partial charge is 0.254 e. The summed E-state index contributed by atoms with van der Waals surface area (Å²) in [6.45, 7) is 4.73. The molecule has 3 N–H and O–H groups in total. The van der Waals surface area contributed by atoms with Gasteiger partial charge >= 0.3 is 0 Å². The molecule has 0 spiro atoms. The van der Waals surface area contributed by atoms with Gasteiger partial charge in [0.2, 0.25) is 10.0 Å². The first kappa shape index (κ1) is 16.5. The SMILES string of the molecule is CC1(C)CC1CNC(=O)c1c(Cl)ccc(S(N)(=O)=O)c1Cl. The van der Waals surface area contributed by atoms with Crippen molar-refractivity contribution in [1.29, 1.82) is 0 Å². The lowest BCUT2D eigenvalue weighted by Crippen LogP contribution is -2.27. The van der Waals surface area contributed by atoms with E-state index >= 15 is 0 Å². The molecule has 0 heterocycles. The van der Waals surface area contributed by atoms with Crippen molar-refractivity contribution in [3.63, 3.8) is 0 Å². The highest BCUT2D eigenvalue weighted by Crippen LogP contribution is 2.51. The molecule has 0 aromatic heterocycles. The third-order valence-electron chi connectivity index (χ3n) is 3.82. The second-order valence-electron chi connectivity index (χ2n) is 5.88. The van der Waals surface area contributed by atoms with E-state index in [0.29, 0.717) is 12.5 Å². The van der Waals surface area contributed by atoms with E-state index < -0.39 is 15.9 Å². The molecule has 1 atom stereocenters. The largest absolute Gasteiger partial charge is 0.352 e. The highest BCUT2D eigenvalue weighted by molar-refractivity contribution is 7.89. The van der Waals surface area contributed by atoms with Crippen LogP contribution in [0.4, 0.5) is 0 Å². The number of halogens is 2. The molecule has 8 heteroatoms. The van der Waals surface area contributed by atoms with Crippen LogP contribution in [0.5, 0.6) is 0 Å². The number of carbonyl (C=O) groups is 1. The van der Waals surface area contributed by atoms with Gasteiger partial charge in [-0.2, -0.15) is 0 Å². The van der Waals surface area contributed by atoms with E-state index in [-0.39, 0.29) is 25.9 Å². The Morgan fingerprint density at radius 2 is 2.00 bits per heavy atom. The fourth-order valence-corrected chi connectivity index (χ4v) is 3.66. The number of primary sulfonamides is 1. The van der Waals surface area contributed by atoms with E-state index in [0.717, 1.165) is 6.42 Å². The summed E-state index contributed by atoms with van der Waals surface area (Å²) in [6, 6.07) is 2.48. The summed E-state index contributed by atoms with van der Waals surface area (Å²) in [7, 11) is -4.01. The first-order chi connectivity index (χ1) is 9.54. The fraction of sp³-hybridized carbons (Fsp3) is 0.462. The molecule has 0 radical (unpaired) electrons. The molecule has 116 valence electrons. The zero-order chi connectivity index (χ0) is 16.0. The van der Waals surface area contributed by atoms with Gasteiger partial charge < -0.3 is 5.32 Å². The van der Waals surface area contributed by atoms with E-state index in [2.05, 4.69) is 19.2 Å². The molecule has 1 unspecified atom stereocenters. The summed E-state index contributed by atoms with van der Waals surface area (Å²) in [5.74, 6) is -0.0985. The first-order valence-corrected chi connectivity index (χ1v) is 8.63. The second kappa shape index (κ2) is 5.43. The van der Waals surface area contributed by atoms with Crippen LogP contribution in [-0.4, -0.2) is 20.9 Å². The maximum atomic E-state index is 12.2. The normalized spacial score (nSPS) is 20.1. The van der Waals surface area contributed by atoms with Gasteiger partial charge in [-0.05, 0) is 29.9 Å². The lowest BCUT2D eigenvalue weighted by Gasteiger charge is -2.11. The van der Waals surface area contributed by atoms with Crippen LogP contribution in [0.3, 0.4) is 0 Å². The minimum atomic E-state index is -4.01. The van der Waals surface area contributed by atoms with Gasteiger partial charge in [-0.15, -0.1) is 0 Å². The molecule has 2 rings (SSSR count). The molecule has 0 saturated heterocycles. The molecule has 1 aliphatic rings. The minimum absolute atomic E-state index is 0.0664. The summed E-state index contributed by atoms with van der Waals surface area (Å²) in [5, 5.41) is 7.62. The molecule has 1 aromatic rings. The predicted octanol–water partition coefficient (Wildman–Crippen LogP) is 2.42. The summed E-state index contributed by atoms with van der Waals surface area (Å²) < 4.78 is 22.8. The maximum Gasteiger partial charge on any atom is 0.254 e. The average Bonchev–Trinajstić information content (AvgIpc) is 2.92. The summed E-state index contributed by atoms with van der Waals surface area (Å²) >= 11 is 11.9. The molecule has 0 bridgehead atoms. The number of hydrogen-bond acceptors (Lipinski definition) is 3. The van der Waals surface area contributed by atoms with Gasteiger partial charge in [0.25, 0.3) is 5.91 Å². The van der Waals surface area contributed by atoms with Crippen molar-refractivity contribution < 1.29 is 13.2 Å². The Bertz CT molecular complexity index is 702. The van der Waals surface area contributed by atoms with Gasteiger partial charge in [-0.25, -0.2) is 13.6 Å². The highest BCUT2D eigenvalue weighted by Gasteiger charge is 2.45. The lowest BCUT2D eigenvalue weighted by molar-refractivity contribution is 0.0950. The zero-order valence-corrected chi connectivity index (χ0v) is 13.9. The van der Waals surface area contributed by atoms with Crippen molar-refractivity contribution in [1.82, 2.24) is 5.32 Å². The van der Waals surface area contributed by atoms with E-state index in [1.807, 2.05) is 0 Å². The number of nitrogens with two attached hydrogens (primary N) is 1. The highest BCUT2D eigenvalue weighted by atomic mass is 35.5. The van der Waals surface area contributed by atoms with Crippen LogP contribution in [0, 0.1) is 11.3 Å². The van der Waals surface area contributed by atoms with Crippen LogP contribution in [-0.2, 0) is 10.0 Å². The Hall–Kier alpha value is -0.820. The molecule has 0 aliphatic heterocycles. The molecule has 21 heavy (non-hydrogen) atoms. The molecule has 1 amide bonds. The van der Waals surface area contributed by atoms with Gasteiger partial charge in [-0.1, -0.05) is 37.0 Å². The minimum Gasteiger partial charge on any atom is -0.352 e. The third-order valence-corrected chi connectivity index (χ3v) is 5.59. The van der Waals surface area contributed by atoms with Crippen molar-refractivity contribution in [2.75, 3.05) is 6.54 Å². The maximum absolute atomic E-state index is 12.2. The Morgan fingerprint density at radius 1 is 1.43 bits per heavy atom. The van der Waals surface area contributed by atoms with Crippen molar-refractivity contribution in [2.45, 2.75) is 25.2 Å². The molecule has 5 nitrogen and oxygen atoms in total. The Labute approximate surface area is 133 Å². The topological polar surface area (TPSA) is 89.3 Å². The van der Waals surface area contributed by atoms with Gasteiger partial charge in [-0.3, -0.25) is 4.79 Å². The molecule has 1 aliphatic carbocycles. The predicted molar refractivity (Wildman–Crippen MR) is 82.1 cm³/mol. The first-order valence-electron chi connectivity index (χ1n) is 6.33. The summed E-state index contributed by atoms with van der Waals surface area (Å²) in [6.07, 6.45) is 1.03. The van der Waals surface area contributed by atoms with Crippen molar-refractivity contribution in [3.8, 4) is 0 Å². The van der Waals surface area contributed by atoms with Gasteiger partial charge in [0.05, 0.1) is 15.6 Å². The fourth-order valence-electron chi connectivity index (χ4n) is 2.19. The van der Waals surface area contributed by atoms with Gasteiger partial charge in [0.1, 0.15) is 4.90 Å². The van der Waals surface area contributed by atoms with E-state index in [4.69, 9.17) is 28.3 Å². The number of hydrogen-bond donors (Lipinski definition) is 2. The number of carbonyl (C=O) groups excluding carboxylic acids is 1. The van der Waals surface area contributed by atoms with Crippen LogP contribution in [0.2, 0.25) is 10.0 Å². The van der Waals surface area contributed by atoms with Crippen LogP contribution >= 0.6 is 23.2 Å². The molecule has 1 aromatic carbocycles.